The smallest absolute Gasteiger partial charge is 0.339 e. The fraction of sp³-hybridized carbons (Fsp3) is 0.292. The van der Waals surface area contributed by atoms with E-state index in [1.54, 1.807) is 12.1 Å². The molecule has 0 atom stereocenters. The molecule has 0 saturated carbocycles. The van der Waals surface area contributed by atoms with E-state index < -0.39 is 5.97 Å². The lowest BCUT2D eigenvalue weighted by Gasteiger charge is -2.32. The number of ether oxygens (including phenoxy) is 1. The summed E-state index contributed by atoms with van der Waals surface area (Å²) in [6, 6.07) is 12.5. The number of ketones is 1. The predicted octanol–water partition coefficient (Wildman–Crippen LogP) is 5.35. The van der Waals surface area contributed by atoms with Crippen LogP contribution in [0.2, 0.25) is 10.0 Å². The van der Waals surface area contributed by atoms with Gasteiger partial charge in [0.15, 0.2) is 12.4 Å². The zero-order chi connectivity index (χ0) is 22.1. The second-order valence-corrected chi connectivity index (χ2v) is 8.69. The first-order valence-electron chi connectivity index (χ1n) is 10.1. The summed E-state index contributed by atoms with van der Waals surface area (Å²) in [6.45, 7) is 5.40. The molecule has 1 aliphatic heterocycles. The molecule has 31 heavy (non-hydrogen) atoms. The standard InChI is InChI=1S/C24H22Cl2N2O3/c1-14(2)28-10-9-21-17(12-28)23(16-5-3-4-6-20(16)27-21)24(30)31-13-22(29)15-7-8-18(25)19(26)11-15/h3-8,11,14H,9-10,12-13H2,1-2H3. The molecule has 0 amide bonds. The maximum absolute atomic E-state index is 13.2. The Balaban J connectivity index is 1.64. The highest BCUT2D eigenvalue weighted by Crippen LogP contribution is 2.29. The Kier molecular flexibility index (Phi) is 6.28. The van der Waals surface area contributed by atoms with Gasteiger partial charge in [0.05, 0.1) is 21.1 Å². The molecule has 7 heteroatoms. The highest BCUT2D eigenvalue weighted by molar-refractivity contribution is 6.42. The second kappa shape index (κ2) is 8.95. The first-order chi connectivity index (χ1) is 14.8. The normalized spacial score (nSPS) is 14.0. The molecule has 0 unspecified atom stereocenters. The monoisotopic (exact) mass is 456 g/mol. The quantitative estimate of drug-likeness (QED) is 0.382. The van der Waals surface area contributed by atoms with Crippen LogP contribution in [0.3, 0.4) is 0 Å². The number of esters is 1. The van der Waals surface area contributed by atoms with E-state index in [1.807, 2.05) is 24.3 Å². The molecule has 0 fully saturated rings. The lowest BCUT2D eigenvalue weighted by Crippen LogP contribution is -2.37. The summed E-state index contributed by atoms with van der Waals surface area (Å²) in [7, 11) is 0. The second-order valence-electron chi connectivity index (χ2n) is 7.87. The Morgan fingerprint density at radius 1 is 1.13 bits per heavy atom. The van der Waals surface area contributed by atoms with E-state index in [2.05, 4.69) is 18.7 Å². The van der Waals surface area contributed by atoms with Gasteiger partial charge in [-0.25, -0.2) is 4.79 Å². The summed E-state index contributed by atoms with van der Waals surface area (Å²) in [5.74, 6) is -0.864. The topological polar surface area (TPSA) is 59.5 Å². The van der Waals surface area contributed by atoms with Crippen LogP contribution in [0.5, 0.6) is 0 Å². The van der Waals surface area contributed by atoms with Crippen LogP contribution in [0.15, 0.2) is 42.5 Å². The third-order valence-electron chi connectivity index (χ3n) is 5.59. The van der Waals surface area contributed by atoms with Crippen LogP contribution < -0.4 is 0 Å². The summed E-state index contributed by atoms with van der Waals surface area (Å²) in [5, 5.41) is 1.38. The van der Waals surface area contributed by atoms with Crippen LogP contribution in [0.1, 0.15) is 45.8 Å². The molecule has 2 aromatic carbocycles. The summed E-state index contributed by atoms with van der Waals surface area (Å²) in [6.07, 6.45) is 0.765. The number of para-hydroxylation sites is 1. The van der Waals surface area contributed by atoms with E-state index in [4.69, 9.17) is 32.9 Å². The highest BCUT2D eigenvalue weighted by Gasteiger charge is 2.28. The summed E-state index contributed by atoms with van der Waals surface area (Å²) in [4.78, 5) is 32.8. The third-order valence-corrected chi connectivity index (χ3v) is 6.33. The molecule has 5 nitrogen and oxygen atoms in total. The average molecular weight is 457 g/mol. The van der Waals surface area contributed by atoms with Crippen molar-refractivity contribution < 1.29 is 14.3 Å². The van der Waals surface area contributed by atoms with Gasteiger partial charge in [-0.1, -0.05) is 41.4 Å². The van der Waals surface area contributed by atoms with Gasteiger partial charge >= 0.3 is 5.97 Å². The van der Waals surface area contributed by atoms with Crippen LogP contribution in [0.4, 0.5) is 0 Å². The minimum absolute atomic E-state index is 0.279. The van der Waals surface area contributed by atoms with Gasteiger partial charge in [-0.05, 0) is 38.1 Å². The maximum atomic E-state index is 13.2. The Morgan fingerprint density at radius 3 is 2.65 bits per heavy atom. The fourth-order valence-electron chi connectivity index (χ4n) is 3.84. The van der Waals surface area contributed by atoms with E-state index >= 15 is 0 Å². The number of pyridine rings is 1. The zero-order valence-corrected chi connectivity index (χ0v) is 18.8. The summed E-state index contributed by atoms with van der Waals surface area (Å²) < 4.78 is 5.47. The van der Waals surface area contributed by atoms with E-state index in [0.717, 1.165) is 35.1 Å². The highest BCUT2D eigenvalue weighted by atomic mass is 35.5. The van der Waals surface area contributed by atoms with Crippen LogP contribution in [0, 0.1) is 0 Å². The van der Waals surface area contributed by atoms with Crippen LogP contribution >= 0.6 is 23.2 Å². The largest absolute Gasteiger partial charge is 0.454 e. The Labute approximate surface area is 190 Å². The molecule has 1 aromatic heterocycles. The molecular weight excluding hydrogens is 435 g/mol. The lowest BCUT2D eigenvalue weighted by molar-refractivity contribution is 0.0473. The summed E-state index contributed by atoms with van der Waals surface area (Å²) in [5.41, 5.74) is 3.38. The number of fused-ring (bicyclic) bond motifs is 2. The van der Waals surface area contributed by atoms with Gasteiger partial charge in [0.25, 0.3) is 0 Å². The third kappa shape index (κ3) is 4.45. The molecule has 1 aliphatic rings. The molecule has 4 rings (SSSR count). The minimum atomic E-state index is -0.520. The summed E-state index contributed by atoms with van der Waals surface area (Å²) >= 11 is 11.9. The number of nitrogens with zero attached hydrogens (tertiary/aromatic N) is 2. The first kappa shape index (κ1) is 21.8. The molecular formula is C24H22Cl2N2O3. The van der Waals surface area contributed by atoms with E-state index in [-0.39, 0.29) is 17.4 Å². The van der Waals surface area contributed by atoms with Crippen molar-refractivity contribution in [1.82, 2.24) is 9.88 Å². The fourth-order valence-corrected chi connectivity index (χ4v) is 4.14. The molecule has 2 heterocycles. The van der Waals surface area contributed by atoms with Crippen molar-refractivity contribution >= 4 is 45.9 Å². The van der Waals surface area contributed by atoms with Crippen molar-refractivity contribution in [2.75, 3.05) is 13.2 Å². The van der Waals surface area contributed by atoms with Crippen molar-refractivity contribution in [2.45, 2.75) is 32.9 Å². The molecule has 0 N–H and O–H groups in total. The number of benzene rings is 2. The molecule has 3 aromatic rings. The molecule has 0 bridgehead atoms. The Hall–Kier alpha value is -2.47. The molecule has 0 saturated heterocycles. The first-order valence-corrected chi connectivity index (χ1v) is 10.9. The molecule has 0 radical (unpaired) electrons. The van der Waals surface area contributed by atoms with Crippen molar-refractivity contribution in [2.24, 2.45) is 0 Å². The van der Waals surface area contributed by atoms with Crippen LogP contribution in [-0.2, 0) is 17.7 Å². The molecule has 0 aliphatic carbocycles. The van der Waals surface area contributed by atoms with Gasteiger partial charge in [0, 0.05) is 47.8 Å². The number of carbonyl (C=O) groups excluding carboxylic acids is 2. The van der Waals surface area contributed by atoms with E-state index in [9.17, 15) is 9.59 Å². The van der Waals surface area contributed by atoms with Gasteiger partial charge in [0.1, 0.15) is 0 Å². The zero-order valence-electron chi connectivity index (χ0n) is 17.3. The van der Waals surface area contributed by atoms with Gasteiger partial charge in [-0.3, -0.25) is 14.7 Å². The number of hydrogen-bond acceptors (Lipinski definition) is 5. The number of Topliss-reactive ketones (excluding diaryl/α,β-unsaturated/α-hetero) is 1. The SMILES string of the molecule is CC(C)N1CCc2nc3ccccc3c(C(=O)OCC(=O)c3ccc(Cl)c(Cl)c3)c2C1. The van der Waals surface area contributed by atoms with Gasteiger partial charge in [0.2, 0.25) is 0 Å². The van der Waals surface area contributed by atoms with Crippen LogP contribution in [-0.4, -0.2) is 40.8 Å². The number of aromatic nitrogens is 1. The maximum Gasteiger partial charge on any atom is 0.339 e. The van der Waals surface area contributed by atoms with Crippen molar-refractivity contribution in [3.63, 3.8) is 0 Å². The Bertz CT molecular complexity index is 1180. The van der Waals surface area contributed by atoms with Gasteiger partial charge in [-0.15, -0.1) is 0 Å². The van der Waals surface area contributed by atoms with E-state index in [0.29, 0.717) is 28.7 Å². The van der Waals surface area contributed by atoms with Gasteiger partial charge in [-0.2, -0.15) is 0 Å². The average Bonchev–Trinajstić information content (AvgIpc) is 2.76. The molecule has 0 spiro atoms. The lowest BCUT2D eigenvalue weighted by atomic mass is 9.95. The molecule has 160 valence electrons. The van der Waals surface area contributed by atoms with Crippen molar-refractivity contribution in [3.8, 4) is 0 Å². The van der Waals surface area contributed by atoms with Crippen molar-refractivity contribution in [3.05, 3.63) is 74.9 Å². The number of hydrogen-bond donors (Lipinski definition) is 0. The number of halogens is 2. The number of carbonyl (C=O) groups is 2. The van der Waals surface area contributed by atoms with Gasteiger partial charge < -0.3 is 4.74 Å². The van der Waals surface area contributed by atoms with Crippen LogP contribution in [0.25, 0.3) is 10.9 Å². The number of rotatable bonds is 5. The minimum Gasteiger partial charge on any atom is -0.454 e. The van der Waals surface area contributed by atoms with E-state index in [1.165, 1.54) is 6.07 Å². The predicted molar refractivity (Wildman–Crippen MR) is 122 cm³/mol. The van der Waals surface area contributed by atoms with Crippen molar-refractivity contribution in [1.29, 1.82) is 0 Å². The Morgan fingerprint density at radius 2 is 1.90 bits per heavy atom.